The van der Waals surface area contributed by atoms with Gasteiger partial charge < -0.3 is 15.0 Å². The molecule has 2 aliphatic rings. The summed E-state index contributed by atoms with van der Waals surface area (Å²) in [4.78, 5) is 31.6. The zero-order valence-corrected chi connectivity index (χ0v) is 29.2. The molecule has 0 unspecified atom stereocenters. The Balaban J connectivity index is 0.00000552. The Morgan fingerprint density at radius 2 is 1.78 bits per heavy atom. The van der Waals surface area contributed by atoms with Crippen molar-refractivity contribution >= 4 is 34.2 Å². The number of halogens is 1. The van der Waals surface area contributed by atoms with E-state index in [4.69, 9.17) is 9.84 Å². The number of carbonyl (C=O) groups is 2. The number of hydrogen-bond acceptors (Lipinski definition) is 7. The molecule has 13 heteroatoms. The highest BCUT2D eigenvalue weighted by molar-refractivity contribution is 7.89. The Kier molecular flexibility index (Phi) is 13.0. The molecule has 0 saturated carbocycles. The first-order chi connectivity index (χ1) is 20.9. The minimum Gasteiger partial charge on any atom is -0.385 e. The number of aryl methyl sites for hydroxylation is 1. The van der Waals surface area contributed by atoms with E-state index in [1.54, 1.807) is 31.4 Å². The zero-order chi connectivity index (χ0) is 32.1. The van der Waals surface area contributed by atoms with E-state index in [0.717, 1.165) is 35.5 Å². The Morgan fingerprint density at radius 1 is 1.11 bits per heavy atom. The summed E-state index contributed by atoms with van der Waals surface area (Å²) in [6, 6.07) is 6.30. The molecule has 11 nitrogen and oxygen atoms in total. The molecular weight excluding hydrogens is 616 g/mol. The van der Waals surface area contributed by atoms with E-state index in [-0.39, 0.29) is 29.1 Å². The maximum Gasteiger partial charge on any atom is 0.246 e. The predicted molar refractivity (Wildman–Crippen MR) is 177 cm³/mol. The largest absolute Gasteiger partial charge is 0.385 e. The standard InChI is InChI=1S/C32H50N6O5S.ClH/c1-7-8-17-37-30(39)29(21-23(2)3)34-31(40)32(37)14-18-36(19-15-32)22-28-24(4)35-38(25(28)5)26-10-12-27(13-11-26)44(41,42)33-16-9-20-43-6;/h10-13,23,29,33H,7-9,14-22H2,1-6H3,(H,34,40);1H/t29-;/m0./s1. The first-order valence-corrected chi connectivity index (χ1v) is 17.4. The average molecular weight is 667 g/mol. The Morgan fingerprint density at radius 3 is 2.38 bits per heavy atom. The second kappa shape index (κ2) is 15.9. The van der Waals surface area contributed by atoms with Crippen LogP contribution in [0.15, 0.2) is 29.2 Å². The number of hydrogen-bond donors (Lipinski definition) is 2. The van der Waals surface area contributed by atoms with Gasteiger partial charge in [0.1, 0.15) is 11.6 Å². The van der Waals surface area contributed by atoms with Crippen LogP contribution in [0.3, 0.4) is 0 Å². The van der Waals surface area contributed by atoms with Gasteiger partial charge in [-0.05, 0) is 76.1 Å². The number of carbonyl (C=O) groups excluding carboxylic acids is 2. The summed E-state index contributed by atoms with van der Waals surface area (Å²) in [6.07, 6.45) is 4.31. The second-order valence-electron chi connectivity index (χ2n) is 12.6. The van der Waals surface area contributed by atoms with Crippen molar-refractivity contribution in [3.63, 3.8) is 0 Å². The van der Waals surface area contributed by atoms with Gasteiger partial charge in [0.15, 0.2) is 0 Å². The molecule has 0 bridgehead atoms. The highest BCUT2D eigenvalue weighted by Crippen LogP contribution is 2.35. The van der Waals surface area contributed by atoms with E-state index >= 15 is 0 Å². The number of sulfonamides is 1. The Bertz CT molecular complexity index is 1400. The third-order valence-corrected chi connectivity index (χ3v) is 10.4. The molecule has 2 aliphatic heterocycles. The number of unbranched alkanes of at least 4 members (excludes halogenated alkanes) is 1. The first-order valence-electron chi connectivity index (χ1n) is 15.9. The van der Waals surface area contributed by atoms with Crippen LogP contribution in [0.2, 0.25) is 0 Å². The lowest BCUT2D eigenvalue weighted by Gasteiger charge is -2.52. The highest BCUT2D eigenvalue weighted by Gasteiger charge is 2.53. The summed E-state index contributed by atoms with van der Waals surface area (Å²) in [5.74, 6) is 0.378. The van der Waals surface area contributed by atoms with E-state index in [2.05, 4.69) is 35.7 Å². The number of methoxy groups -OCH3 is 1. The predicted octanol–water partition coefficient (Wildman–Crippen LogP) is 3.73. The molecule has 1 spiro atoms. The van der Waals surface area contributed by atoms with Gasteiger partial charge in [-0.2, -0.15) is 5.10 Å². The van der Waals surface area contributed by atoms with Crippen LogP contribution in [-0.2, 0) is 30.9 Å². The number of piperazine rings is 1. The van der Waals surface area contributed by atoms with Gasteiger partial charge in [-0.15, -0.1) is 12.4 Å². The van der Waals surface area contributed by atoms with Crippen molar-refractivity contribution in [3.05, 3.63) is 41.2 Å². The molecule has 4 rings (SSSR count). The van der Waals surface area contributed by atoms with Gasteiger partial charge in [0.05, 0.1) is 16.3 Å². The molecule has 1 atom stereocenters. The lowest BCUT2D eigenvalue weighted by molar-refractivity contribution is -0.161. The number of likely N-dealkylation sites (tertiary alicyclic amines) is 1. The molecule has 2 aromatic rings. The topological polar surface area (TPSA) is 126 Å². The Labute approximate surface area is 274 Å². The average Bonchev–Trinajstić information content (AvgIpc) is 3.27. The molecular formula is C32H51ClN6O5S. The van der Waals surface area contributed by atoms with Gasteiger partial charge in [0.2, 0.25) is 21.8 Å². The quantitative estimate of drug-likeness (QED) is 0.294. The lowest BCUT2D eigenvalue weighted by Crippen LogP contribution is -2.73. The van der Waals surface area contributed by atoms with E-state index in [1.807, 2.05) is 23.4 Å². The summed E-state index contributed by atoms with van der Waals surface area (Å²) < 4.78 is 34.7. The molecule has 0 aliphatic carbocycles. The van der Waals surface area contributed by atoms with E-state index in [0.29, 0.717) is 70.9 Å². The number of aromatic nitrogens is 2. The molecule has 3 heterocycles. The monoisotopic (exact) mass is 666 g/mol. The molecule has 2 saturated heterocycles. The molecule has 45 heavy (non-hydrogen) atoms. The maximum absolute atomic E-state index is 13.6. The van der Waals surface area contributed by atoms with Crippen molar-refractivity contribution in [1.82, 2.24) is 29.6 Å². The highest BCUT2D eigenvalue weighted by atomic mass is 35.5. The van der Waals surface area contributed by atoms with Crippen molar-refractivity contribution in [2.24, 2.45) is 5.92 Å². The number of amides is 2. The molecule has 2 N–H and O–H groups in total. The SMILES string of the molecule is CCCCN1C(=O)[C@H](CC(C)C)NC(=O)C12CCN(Cc1c(C)nn(-c3ccc(S(=O)(=O)NCCCOC)cc3)c1C)CC2.Cl. The number of ether oxygens (including phenoxy) is 1. The fourth-order valence-corrected chi connectivity index (χ4v) is 7.45. The summed E-state index contributed by atoms with van der Waals surface area (Å²) in [7, 11) is -2.02. The minimum absolute atomic E-state index is 0. The van der Waals surface area contributed by atoms with E-state index in [1.165, 1.54) is 0 Å². The fourth-order valence-electron chi connectivity index (χ4n) is 6.38. The second-order valence-corrected chi connectivity index (χ2v) is 14.4. The van der Waals surface area contributed by atoms with Crippen LogP contribution >= 0.6 is 12.4 Å². The van der Waals surface area contributed by atoms with Gasteiger partial charge in [-0.1, -0.05) is 27.2 Å². The van der Waals surface area contributed by atoms with E-state index < -0.39 is 21.6 Å². The summed E-state index contributed by atoms with van der Waals surface area (Å²) in [5, 5.41) is 7.87. The van der Waals surface area contributed by atoms with Crippen molar-refractivity contribution < 1.29 is 22.7 Å². The van der Waals surface area contributed by atoms with Crippen LogP contribution in [-0.4, -0.2) is 91.3 Å². The van der Waals surface area contributed by atoms with Crippen molar-refractivity contribution in [2.75, 3.05) is 39.9 Å². The van der Waals surface area contributed by atoms with Crippen LogP contribution in [0.1, 0.15) is 76.2 Å². The van der Waals surface area contributed by atoms with Crippen LogP contribution in [0.4, 0.5) is 0 Å². The van der Waals surface area contributed by atoms with Crippen LogP contribution in [0.25, 0.3) is 5.69 Å². The maximum atomic E-state index is 13.6. The first kappa shape index (κ1) is 37.0. The minimum atomic E-state index is -3.60. The number of piperidine rings is 1. The third kappa shape index (κ3) is 8.26. The zero-order valence-electron chi connectivity index (χ0n) is 27.6. The number of rotatable bonds is 14. The molecule has 1 aromatic heterocycles. The number of benzene rings is 1. The molecule has 0 radical (unpaired) electrons. The smallest absolute Gasteiger partial charge is 0.246 e. The molecule has 1 aromatic carbocycles. The van der Waals surface area contributed by atoms with Gasteiger partial charge in [0, 0.05) is 57.7 Å². The van der Waals surface area contributed by atoms with Crippen molar-refractivity contribution in [3.8, 4) is 5.69 Å². The van der Waals surface area contributed by atoms with Crippen molar-refractivity contribution in [1.29, 1.82) is 0 Å². The molecule has 252 valence electrons. The molecule has 2 fully saturated rings. The van der Waals surface area contributed by atoms with Crippen molar-refractivity contribution in [2.45, 2.75) is 96.2 Å². The van der Waals surface area contributed by atoms with Crippen LogP contribution in [0, 0.1) is 19.8 Å². The fraction of sp³-hybridized carbons (Fsp3) is 0.656. The van der Waals surface area contributed by atoms with Gasteiger partial charge in [-0.3, -0.25) is 14.5 Å². The third-order valence-electron chi connectivity index (χ3n) is 8.97. The summed E-state index contributed by atoms with van der Waals surface area (Å²) in [6.45, 7) is 13.8. The van der Waals surface area contributed by atoms with Gasteiger partial charge in [0.25, 0.3) is 0 Å². The number of nitrogens with zero attached hydrogens (tertiary/aromatic N) is 4. The van der Waals surface area contributed by atoms with E-state index in [9.17, 15) is 18.0 Å². The lowest BCUT2D eigenvalue weighted by atomic mass is 9.80. The van der Waals surface area contributed by atoms with Gasteiger partial charge in [-0.25, -0.2) is 17.8 Å². The number of nitrogens with one attached hydrogen (secondary N) is 2. The van der Waals surface area contributed by atoms with Crippen LogP contribution < -0.4 is 10.0 Å². The molecule has 2 amide bonds. The summed E-state index contributed by atoms with van der Waals surface area (Å²) in [5.41, 5.74) is 3.01. The Hall–Kier alpha value is -2.51. The van der Waals surface area contributed by atoms with Crippen LogP contribution in [0.5, 0.6) is 0 Å². The van der Waals surface area contributed by atoms with Gasteiger partial charge >= 0.3 is 0 Å². The summed E-state index contributed by atoms with van der Waals surface area (Å²) >= 11 is 0. The normalized spacial score (nSPS) is 18.8.